The largest absolute Gasteiger partial charge is 0.490 e. The number of H-pyrrole nitrogens is 1. The van der Waals surface area contributed by atoms with E-state index in [0.717, 1.165) is 59.7 Å². The van der Waals surface area contributed by atoms with Crippen LogP contribution in [0.2, 0.25) is 0 Å². The van der Waals surface area contributed by atoms with Crippen LogP contribution in [0.15, 0.2) is 42.5 Å². The van der Waals surface area contributed by atoms with Gasteiger partial charge in [-0.1, -0.05) is 18.2 Å². The number of carbonyl (C=O) groups is 1. The van der Waals surface area contributed by atoms with Crippen LogP contribution in [0.3, 0.4) is 0 Å². The highest BCUT2D eigenvalue weighted by Gasteiger charge is 2.32. The number of likely N-dealkylation sites (tertiary alicyclic amines) is 1. The van der Waals surface area contributed by atoms with Gasteiger partial charge in [-0.2, -0.15) is 0 Å². The second-order valence-corrected chi connectivity index (χ2v) is 7.39. The summed E-state index contributed by atoms with van der Waals surface area (Å²) >= 11 is 0. The predicted octanol–water partition coefficient (Wildman–Crippen LogP) is 3.63. The molecule has 0 aliphatic carbocycles. The Morgan fingerprint density at radius 1 is 1.11 bits per heavy atom. The maximum Gasteiger partial charge on any atom is 0.227 e. The normalized spacial score (nSPS) is 19.0. The van der Waals surface area contributed by atoms with Crippen LogP contribution in [-0.2, 0) is 11.2 Å². The van der Waals surface area contributed by atoms with Gasteiger partial charge in [0.25, 0.3) is 0 Å². The van der Waals surface area contributed by atoms with Gasteiger partial charge < -0.3 is 19.4 Å². The van der Waals surface area contributed by atoms with Crippen molar-refractivity contribution in [1.29, 1.82) is 0 Å². The molecule has 2 aromatic carbocycles. The van der Waals surface area contributed by atoms with E-state index < -0.39 is 0 Å². The molecule has 28 heavy (non-hydrogen) atoms. The monoisotopic (exact) mass is 377 g/mol. The third-order valence-electron chi connectivity index (χ3n) is 5.46. The Kier molecular flexibility index (Phi) is 4.39. The molecule has 0 spiro atoms. The molecule has 0 saturated carbocycles. The highest BCUT2D eigenvalue weighted by atomic mass is 16.5. The summed E-state index contributed by atoms with van der Waals surface area (Å²) in [6.07, 6.45) is 3.16. The van der Waals surface area contributed by atoms with E-state index in [1.54, 1.807) is 0 Å². The van der Waals surface area contributed by atoms with Crippen LogP contribution >= 0.6 is 0 Å². The highest BCUT2D eigenvalue weighted by Crippen LogP contribution is 2.33. The summed E-state index contributed by atoms with van der Waals surface area (Å²) in [7, 11) is 0. The Balaban J connectivity index is 1.35. The molecule has 6 nitrogen and oxygen atoms in total. The molecular formula is C22H23N3O3. The summed E-state index contributed by atoms with van der Waals surface area (Å²) < 4.78 is 11.4. The van der Waals surface area contributed by atoms with Crippen molar-refractivity contribution in [3.05, 3.63) is 53.9 Å². The first-order valence-corrected chi connectivity index (χ1v) is 9.90. The Labute approximate surface area is 163 Å². The van der Waals surface area contributed by atoms with Gasteiger partial charge in [-0.05, 0) is 42.7 Å². The van der Waals surface area contributed by atoms with Gasteiger partial charge in [0.05, 0.1) is 36.7 Å². The lowest BCUT2D eigenvalue weighted by Gasteiger charge is -2.23. The van der Waals surface area contributed by atoms with Crippen molar-refractivity contribution in [2.75, 3.05) is 19.8 Å². The van der Waals surface area contributed by atoms with E-state index >= 15 is 0 Å². The molecule has 2 aliphatic rings. The van der Waals surface area contributed by atoms with E-state index in [4.69, 9.17) is 14.5 Å². The van der Waals surface area contributed by atoms with E-state index in [2.05, 4.69) is 4.98 Å². The molecule has 3 aromatic rings. The number of nitrogens with zero attached hydrogens (tertiary/aromatic N) is 2. The molecule has 0 bridgehead atoms. The summed E-state index contributed by atoms with van der Waals surface area (Å²) in [6, 6.07) is 13.8. The maximum atomic E-state index is 13.1. The van der Waals surface area contributed by atoms with E-state index in [-0.39, 0.29) is 11.9 Å². The van der Waals surface area contributed by atoms with E-state index in [1.165, 1.54) is 0 Å². The Bertz CT molecular complexity index is 980. The van der Waals surface area contributed by atoms with Crippen LogP contribution in [0.4, 0.5) is 0 Å². The molecule has 1 aromatic heterocycles. The fraction of sp³-hybridized carbons (Fsp3) is 0.364. The van der Waals surface area contributed by atoms with Gasteiger partial charge in [-0.25, -0.2) is 4.98 Å². The number of hydrogen-bond donors (Lipinski definition) is 1. The first-order valence-electron chi connectivity index (χ1n) is 9.90. The lowest BCUT2D eigenvalue weighted by molar-refractivity contribution is -0.131. The molecule has 144 valence electrons. The van der Waals surface area contributed by atoms with Crippen molar-refractivity contribution >= 4 is 16.9 Å². The molecule has 3 heterocycles. The number of aromatic amines is 1. The van der Waals surface area contributed by atoms with Crippen molar-refractivity contribution in [3.8, 4) is 11.5 Å². The van der Waals surface area contributed by atoms with Crippen LogP contribution in [0.1, 0.15) is 36.7 Å². The van der Waals surface area contributed by atoms with Gasteiger partial charge in [0.1, 0.15) is 5.82 Å². The first-order chi connectivity index (χ1) is 13.8. The molecular weight excluding hydrogens is 354 g/mol. The average Bonchev–Trinajstić information content (AvgIpc) is 3.29. The number of amides is 1. The smallest absolute Gasteiger partial charge is 0.227 e. The second kappa shape index (κ2) is 7.19. The number of carbonyl (C=O) groups excluding carboxylic acids is 1. The zero-order chi connectivity index (χ0) is 18.9. The van der Waals surface area contributed by atoms with Crippen LogP contribution < -0.4 is 9.47 Å². The van der Waals surface area contributed by atoms with Crippen LogP contribution in [-0.4, -0.2) is 40.5 Å². The maximum absolute atomic E-state index is 13.1. The topological polar surface area (TPSA) is 67.5 Å². The molecule has 5 rings (SSSR count). The molecule has 2 aliphatic heterocycles. The van der Waals surface area contributed by atoms with E-state index in [9.17, 15) is 4.79 Å². The summed E-state index contributed by atoms with van der Waals surface area (Å²) in [5, 5.41) is 0. The first kappa shape index (κ1) is 17.1. The molecule has 1 unspecified atom stereocenters. The lowest BCUT2D eigenvalue weighted by Crippen LogP contribution is -2.32. The summed E-state index contributed by atoms with van der Waals surface area (Å²) in [6.45, 7) is 2.08. The average molecular weight is 377 g/mol. The van der Waals surface area contributed by atoms with Gasteiger partial charge in [-0.15, -0.1) is 0 Å². The van der Waals surface area contributed by atoms with E-state index in [0.29, 0.717) is 19.6 Å². The zero-order valence-electron chi connectivity index (χ0n) is 15.7. The summed E-state index contributed by atoms with van der Waals surface area (Å²) in [5.74, 6) is 2.50. The molecule has 6 heteroatoms. The molecule has 1 N–H and O–H groups in total. The number of imidazole rings is 1. The van der Waals surface area contributed by atoms with Gasteiger partial charge in [0, 0.05) is 13.0 Å². The fourth-order valence-corrected chi connectivity index (χ4v) is 4.07. The van der Waals surface area contributed by atoms with Crippen molar-refractivity contribution in [1.82, 2.24) is 14.9 Å². The lowest BCUT2D eigenvalue weighted by atomic mass is 10.1. The molecule has 1 fully saturated rings. The zero-order valence-corrected chi connectivity index (χ0v) is 15.7. The minimum absolute atomic E-state index is 0.0142. The fourth-order valence-electron chi connectivity index (χ4n) is 4.07. The highest BCUT2D eigenvalue weighted by molar-refractivity contribution is 5.80. The molecule has 1 saturated heterocycles. The van der Waals surface area contributed by atoms with Crippen LogP contribution in [0.25, 0.3) is 11.0 Å². The number of aromatic nitrogens is 2. The predicted molar refractivity (Wildman–Crippen MR) is 106 cm³/mol. The third-order valence-corrected chi connectivity index (χ3v) is 5.46. The second-order valence-electron chi connectivity index (χ2n) is 7.39. The number of fused-ring (bicyclic) bond motifs is 2. The number of ether oxygens (including phenoxy) is 2. The minimum atomic E-state index is 0.0142. The van der Waals surface area contributed by atoms with Crippen molar-refractivity contribution < 1.29 is 14.3 Å². The third kappa shape index (κ3) is 3.19. The molecule has 1 atom stereocenters. The molecule has 1 amide bonds. The number of para-hydroxylation sites is 2. The van der Waals surface area contributed by atoms with Crippen molar-refractivity contribution in [2.45, 2.75) is 31.7 Å². The Morgan fingerprint density at radius 3 is 2.86 bits per heavy atom. The SMILES string of the molecule is O=C(Cc1ccc2c(c1)OCCCO2)N1CCCC1c1nc2ccccc2[nH]1. The van der Waals surface area contributed by atoms with Gasteiger partial charge >= 0.3 is 0 Å². The Morgan fingerprint density at radius 2 is 1.96 bits per heavy atom. The van der Waals surface area contributed by atoms with E-state index in [1.807, 2.05) is 47.4 Å². The minimum Gasteiger partial charge on any atom is -0.490 e. The van der Waals surface area contributed by atoms with Crippen LogP contribution in [0, 0.1) is 0 Å². The molecule has 0 radical (unpaired) electrons. The number of rotatable bonds is 3. The quantitative estimate of drug-likeness (QED) is 0.757. The Hall–Kier alpha value is -3.02. The number of nitrogens with one attached hydrogen (secondary N) is 1. The standard InChI is InChI=1S/C22H23N3O3/c26-21(14-15-8-9-19-20(13-15)28-12-4-11-27-19)25-10-3-7-18(25)22-23-16-5-1-2-6-17(16)24-22/h1-2,5-6,8-9,13,18H,3-4,7,10-12,14H2,(H,23,24). The van der Waals surface area contributed by atoms with Gasteiger partial charge in [0.15, 0.2) is 11.5 Å². The summed E-state index contributed by atoms with van der Waals surface area (Å²) in [4.78, 5) is 23.1. The number of hydrogen-bond acceptors (Lipinski definition) is 4. The van der Waals surface area contributed by atoms with Crippen molar-refractivity contribution in [2.24, 2.45) is 0 Å². The van der Waals surface area contributed by atoms with Crippen molar-refractivity contribution in [3.63, 3.8) is 0 Å². The van der Waals surface area contributed by atoms with Crippen LogP contribution in [0.5, 0.6) is 11.5 Å². The number of benzene rings is 2. The van der Waals surface area contributed by atoms with Gasteiger partial charge in [-0.3, -0.25) is 4.79 Å². The summed E-state index contributed by atoms with van der Waals surface area (Å²) in [5.41, 5.74) is 2.91. The van der Waals surface area contributed by atoms with Gasteiger partial charge in [0.2, 0.25) is 5.91 Å².